The van der Waals surface area contributed by atoms with Crippen LogP contribution in [0.15, 0.2) is 71.6 Å². The average molecular weight is 357 g/mol. The molecule has 0 N–H and O–H groups in total. The fraction of sp³-hybridized carbons (Fsp3) is 0.222. The third-order valence-corrected chi connectivity index (χ3v) is 5.46. The summed E-state index contributed by atoms with van der Waals surface area (Å²) in [6, 6.07) is 16.2. The van der Waals surface area contributed by atoms with E-state index < -0.39 is 10.0 Å². The number of benzene rings is 1. The summed E-state index contributed by atoms with van der Waals surface area (Å²) in [6.45, 7) is 0.332. The van der Waals surface area contributed by atoms with Crippen molar-refractivity contribution >= 4 is 15.8 Å². The highest BCUT2D eigenvalue weighted by Crippen LogP contribution is 2.19. The van der Waals surface area contributed by atoms with E-state index in [-0.39, 0.29) is 5.75 Å². The first-order valence-corrected chi connectivity index (χ1v) is 9.61. The summed E-state index contributed by atoms with van der Waals surface area (Å²) in [5, 5.41) is 3.86. The van der Waals surface area contributed by atoms with Crippen molar-refractivity contribution in [1.82, 2.24) is 10.1 Å². The zero-order valence-corrected chi connectivity index (χ0v) is 14.5. The fourth-order valence-electron chi connectivity index (χ4n) is 2.53. The summed E-state index contributed by atoms with van der Waals surface area (Å²) < 4.78 is 32.1. The van der Waals surface area contributed by atoms with Crippen LogP contribution in [0.2, 0.25) is 0 Å². The van der Waals surface area contributed by atoms with Gasteiger partial charge in [-0.25, -0.2) is 13.4 Å². The highest BCUT2D eigenvalue weighted by atomic mass is 32.2. The molecule has 0 amide bonds. The Bertz CT molecular complexity index is 866. The fourth-order valence-corrected chi connectivity index (χ4v) is 4.10. The van der Waals surface area contributed by atoms with Gasteiger partial charge in [0, 0.05) is 18.8 Å². The molecule has 6 nitrogen and oxygen atoms in total. The average Bonchev–Trinajstić information content (AvgIpc) is 3.13. The molecule has 0 atom stereocenters. The molecule has 1 aromatic carbocycles. The Morgan fingerprint density at radius 3 is 2.48 bits per heavy atom. The lowest BCUT2D eigenvalue weighted by Crippen LogP contribution is -2.34. The summed E-state index contributed by atoms with van der Waals surface area (Å²) in [6.07, 6.45) is 4.37. The Morgan fingerprint density at radius 1 is 1.00 bits per heavy atom. The monoisotopic (exact) mass is 357 g/mol. The molecule has 0 radical (unpaired) electrons. The van der Waals surface area contributed by atoms with Crippen molar-refractivity contribution in [1.29, 1.82) is 0 Å². The first-order chi connectivity index (χ1) is 12.1. The predicted molar refractivity (Wildman–Crippen MR) is 95.5 cm³/mol. The summed E-state index contributed by atoms with van der Waals surface area (Å²) in [7, 11) is -3.54. The van der Waals surface area contributed by atoms with Gasteiger partial charge in [0.2, 0.25) is 10.0 Å². The van der Waals surface area contributed by atoms with Gasteiger partial charge in [0.05, 0.1) is 11.4 Å². The van der Waals surface area contributed by atoms with E-state index in [0.717, 1.165) is 11.3 Å². The maximum Gasteiger partial charge on any atom is 0.240 e. The van der Waals surface area contributed by atoms with Gasteiger partial charge in [0.25, 0.3) is 0 Å². The number of sulfonamides is 1. The number of nitrogens with zero attached hydrogens (tertiary/aromatic N) is 3. The van der Waals surface area contributed by atoms with Crippen LogP contribution >= 0.6 is 0 Å². The second-order valence-electron chi connectivity index (χ2n) is 5.60. The van der Waals surface area contributed by atoms with Gasteiger partial charge < -0.3 is 4.52 Å². The molecule has 0 aliphatic heterocycles. The second kappa shape index (κ2) is 7.94. The van der Waals surface area contributed by atoms with Crippen molar-refractivity contribution in [3.8, 4) is 0 Å². The molecule has 0 saturated carbocycles. The number of hydrogen-bond acceptors (Lipinski definition) is 5. The summed E-state index contributed by atoms with van der Waals surface area (Å²) in [5.74, 6) is 0.368. The standard InChI is InChI=1S/C18H19N3O3S/c22-25(23,15-16-7-2-1-3-8-16)21(18-10-4-5-12-19-18)13-6-9-17-11-14-24-20-17/h1-5,7-8,10-12,14H,6,9,13,15H2. The molecule has 7 heteroatoms. The number of anilines is 1. The molecule has 3 aromatic rings. The number of aromatic nitrogens is 2. The molecule has 0 aliphatic carbocycles. The highest BCUT2D eigenvalue weighted by Gasteiger charge is 2.23. The Labute approximate surface area is 147 Å². The lowest BCUT2D eigenvalue weighted by molar-refractivity contribution is 0.411. The van der Waals surface area contributed by atoms with Crippen LogP contribution in [0.4, 0.5) is 5.82 Å². The zero-order valence-electron chi connectivity index (χ0n) is 13.7. The van der Waals surface area contributed by atoms with E-state index in [9.17, 15) is 8.42 Å². The lowest BCUT2D eigenvalue weighted by atomic mass is 10.2. The molecule has 0 spiro atoms. The van der Waals surface area contributed by atoms with Crippen LogP contribution < -0.4 is 4.31 Å². The largest absolute Gasteiger partial charge is 0.365 e. The molecular weight excluding hydrogens is 338 g/mol. The Hall–Kier alpha value is -2.67. The van der Waals surface area contributed by atoms with E-state index in [4.69, 9.17) is 4.52 Å². The van der Waals surface area contributed by atoms with Crippen molar-refractivity contribution in [2.24, 2.45) is 0 Å². The van der Waals surface area contributed by atoms with E-state index in [1.807, 2.05) is 30.3 Å². The SMILES string of the molecule is O=S(=O)(Cc1ccccc1)N(CCCc1ccon1)c1ccccn1. The third kappa shape index (κ3) is 4.67. The highest BCUT2D eigenvalue weighted by molar-refractivity contribution is 7.92. The maximum absolute atomic E-state index is 12.9. The van der Waals surface area contributed by atoms with Gasteiger partial charge in [0.1, 0.15) is 12.1 Å². The van der Waals surface area contributed by atoms with E-state index in [2.05, 4.69) is 10.1 Å². The van der Waals surface area contributed by atoms with E-state index in [0.29, 0.717) is 25.2 Å². The molecule has 130 valence electrons. The van der Waals surface area contributed by atoms with Crippen LogP contribution in [0, 0.1) is 0 Å². The van der Waals surface area contributed by atoms with Crippen LogP contribution in [-0.2, 0) is 22.2 Å². The van der Waals surface area contributed by atoms with E-state index in [1.165, 1.54) is 10.6 Å². The molecule has 3 rings (SSSR count). The van der Waals surface area contributed by atoms with Gasteiger partial charge in [-0.3, -0.25) is 4.31 Å². The molecule has 25 heavy (non-hydrogen) atoms. The number of rotatable bonds is 8. The minimum Gasteiger partial charge on any atom is -0.365 e. The Balaban J connectivity index is 1.77. The van der Waals surface area contributed by atoms with Crippen LogP contribution in [0.5, 0.6) is 0 Å². The van der Waals surface area contributed by atoms with Crippen molar-refractivity contribution < 1.29 is 12.9 Å². The van der Waals surface area contributed by atoms with Crippen molar-refractivity contribution in [2.45, 2.75) is 18.6 Å². The molecule has 2 heterocycles. The zero-order chi connectivity index (χ0) is 17.5. The van der Waals surface area contributed by atoms with Crippen LogP contribution in [0.1, 0.15) is 17.7 Å². The molecule has 2 aromatic heterocycles. The van der Waals surface area contributed by atoms with Gasteiger partial charge in [0.15, 0.2) is 0 Å². The summed E-state index contributed by atoms with van der Waals surface area (Å²) >= 11 is 0. The summed E-state index contributed by atoms with van der Waals surface area (Å²) in [5.41, 5.74) is 1.56. The van der Waals surface area contributed by atoms with E-state index >= 15 is 0 Å². The predicted octanol–water partition coefficient (Wildman–Crippen LogP) is 3.04. The quantitative estimate of drug-likeness (QED) is 0.619. The minimum absolute atomic E-state index is 0.0611. The molecule has 0 bridgehead atoms. The minimum atomic E-state index is -3.54. The van der Waals surface area contributed by atoms with Gasteiger partial charge >= 0.3 is 0 Å². The second-order valence-corrected chi connectivity index (χ2v) is 7.49. The van der Waals surface area contributed by atoms with Crippen molar-refractivity contribution in [2.75, 3.05) is 10.8 Å². The van der Waals surface area contributed by atoms with Crippen LogP contribution in [-0.4, -0.2) is 25.1 Å². The van der Waals surface area contributed by atoms with Gasteiger partial charge in [-0.05, 0) is 30.5 Å². The van der Waals surface area contributed by atoms with Crippen molar-refractivity contribution in [3.05, 3.63) is 78.3 Å². The number of hydrogen-bond donors (Lipinski definition) is 0. The first kappa shape index (κ1) is 17.2. The first-order valence-electron chi connectivity index (χ1n) is 8.00. The number of pyridine rings is 1. The van der Waals surface area contributed by atoms with Crippen LogP contribution in [0.3, 0.4) is 0 Å². The third-order valence-electron chi connectivity index (χ3n) is 3.72. The lowest BCUT2D eigenvalue weighted by Gasteiger charge is -2.23. The Kier molecular flexibility index (Phi) is 5.45. The van der Waals surface area contributed by atoms with Gasteiger partial charge in [-0.15, -0.1) is 0 Å². The van der Waals surface area contributed by atoms with Gasteiger partial charge in [-0.1, -0.05) is 41.6 Å². The van der Waals surface area contributed by atoms with Crippen molar-refractivity contribution in [3.63, 3.8) is 0 Å². The van der Waals surface area contributed by atoms with Crippen LogP contribution in [0.25, 0.3) is 0 Å². The number of aryl methyl sites for hydroxylation is 1. The molecule has 0 saturated heterocycles. The maximum atomic E-state index is 12.9. The molecule has 0 fully saturated rings. The summed E-state index contributed by atoms with van der Waals surface area (Å²) in [4.78, 5) is 4.22. The Morgan fingerprint density at radius 2 is 1.80 bits per heavy atom. The molecular formula is C18H19N3O3S. The molecule has 0 unspecified atom stereocenters. The molecule has 0 aliphatic rings. The normalized spacial score (nSPS) is 11.4. The van der Waals surface area contributed by atoms with Gasteiger partial charge in [-0.2, -0.15) is 0 Å². The van der Waals surface area contributed by atoms with E-state index in [1.54, 1.807) is 30.5 Å². The smallest absolute Gasteiger partial charge is 0.240 e. The topological polar surface area (TPSA) is 76.3 Å².